The fourth-order valence-corrected chi connectivity index (χ4v) is 2.50. The van der Waals surface area contributed by atoms with Crippen LogP contribution in [0.3, 0.4) is 0 Å². The lowest BCUT2D eigenvalue weighted by atomic mass is 10.3. The Bertz CT molecular complexity index is 713. The molecule has 0 unspecified atom stereocenters. The predicted octanol–water partition coefficient (Wildman–Crippen LogP) is 2.65. The third kappa shape index (κ3) is 2.53. The molecule has 102 valence electrons. The van der Waals surface area contributed by atoms with Gasteiger partial charge >= 0.3 is 5.97 Å². The standard InChI is InChI=1S/C14H13N3O2S/c1-3-19-14(18)10(8-15)13(20-2)17-9-16-11-6-4-5-7-12(11)17/h4-7,9H,3H2,1-2H3. The smallest absolute Gasteiger partial charge is 0.351 e. The van der Waals surface area contributed by atoms with E-state index in [1.807, 2.05) is 30.3 Å². The fourth-order valence-electron chi connectivity index (χ4n) is 1.83. The lowest BCUT2D eigenvalue weighted by Crippen LogP contribution is -2.10. The molecule has 0 N–H and O–H groups in total. The minimum atomic E-state index is -0.614. The summed E-state index contributed by atoms with van der Waals surface area (Å²) in [6, 6.07) is 9.46. The monoisotopic (exact) mass is 287 g/mol. The van der Waals surface area contributed by atoms with E-state index in [2.05, 4.69) is 4.98 Å². The maximum absolute atomic E-state index is 11.9. The van der Waals surface area contributed by atoms with Gasteiger partial charge in [0.05, 0.1) is 17.6 Å². The summed E-state index contributed by atoms with van der Waals surface area (Å²) in [5.74, 6) is -0.614. The molecule has 2 rings (SSSR count). The van der Waals surface area contributed by atoms with Gasteiger partial charge in [-0.05, 0) is 25.3 Å². The van der Waals surface area contributed by atoms with Crippen molar-refractivity contribution in [2.45, 2.75) is 6.92 Å². The number of nitrogens with zero attached hydrogens (tertiary/aromatic N) is 3. The van der Waals surface area contributed by atoms with Crippen molar-refractivity contribution in [2.75, 3.05) is 12.9 Å². The highest BCUT2D eigenvalue weighted by atomic mass is 32.2. The van der Waals surface area contributed by atoms with Gasteiger partial charge in [-0.3, -0.25) is 4.57 Å². The molecule has 1 heterocycles. The number of hydrogen-bond acceptors (Lipinski definition) is 5. The van der Waals surface area contributed by atoms with E-state index in [0.717, 1.165) is 11.0 Å². The van der Waals surface area contributed by atoms with E-state index < -0.39 is 5.97 Å². The molecule has 20 heavy (non-hydrogen) atoms. The summed E-state index contributed by atoms with van der Waals surface area (Å²) in [6.45, 7) is 1.94. The second-order valence-electron chi connectivity index (χ2n) is 3.82. The third-order valence-corrected chi connectivity index (χ3v) is 3.46. The Morgan fingerprint density at radius 2 is 2.25 bits per heavy atom. The van der Waals surface area contributed by atoms with Crippen molar-refractivity contribution in [3.05, 3.63) is 36.2 Å². The van der Waals surface area contributed by atoms with Gasteiger partial charge in [0.15, 0.2) is 5.57 Å². The Kier molecular flexibility index (Phi) is 4.43. The van der Waals surface area contributed by atoms with E-state index in [-0.39, 0.29) is 12.2 Å². The quantitative estimate of drug-likeness (QED) is 0.491. The first-order valence-electron chi connectivity index (χ1n) is 6.00. The van der Waals surface area contributed by atoms with Crippen molar-refractivity contribution in [3.8, 4) is 6.07 Å². The molecular formula is C14H13N3O2S. The molecule has 0 spiro atoms. The Balaban J connectivity index is 2.61. The van der Waals surface area contributed by atoms with Crippen molar-refractivity contribution in [1.82, 2.24) is 9.55 Å². The van der Waals surface area contributed by atoms with Crippen molar-refractivity contribution in [2.24, 2.45) is 0 Å². The number of rotatable bonds is 4. The van der Waals surface area contributed by atoms with E-state index in [4.69, 9.17) is 4.74 Å². The van der Waals surface area contributed by atoms with Crippen LogP contribution in [0.25, 0.3) is 16.1 Å². The zero-order valence-electron chi connectivity index (χ0n) is 11.2. The Hall–Kier alpha value is -2.26. The molecular weight excluding hydrogens is 274 g/mol. The minimum Gasteiger partial charge on any atom is -0.462 e. The highest BCUT2D eigenvalue weighted by Crippen LogP contribution is 2.27. The number of nitriles is 1. The largest absolute Gasteiger partial charge is 0.462 e. The average Bonchev–Trinajstić information content (AvgIpc) is 2.88. The summed E-state index contributed by atoms with van der Waals surface area (Å²) < 4.78 is 6.65. The summed E-state index contributed by atoms with van der Waals surface area (Å²) in [7, 11) is 0. The normalized spacial score (nSPS) is 11.8. The summed E-state index contributed by atoms with van der Waals surface area (Å²) in [5, 5.41) is 9.75. The molecule has 0 fully saturated rings. The molecule has 0 amide bonds. The van der Waals surface area contributed by atoms with E-state index in [9.17, 15) is 10.1 Å². The maximum atomic E-state index is 11.9. The molecule has 0 radical (unpaired) electrons. The van der Waals surface area contributed by atoms with Gasteiger partial charge in [-0.25, -0.2) is 9.78 Å². The van der Waals surface area contributed by atoms with Crippen molar-refractivity contribution in [3.63, 3.8) is 0 Å². The zero-order valence-corrected chi connectivity index (χ0v) is 12.0. The molecule has 0 aliphatic carbocycles. The van der Waals surface area contributed by atoms with E-state index in [0.29, 0.717) is 5.03 Å². The number of ether oxygens (including phenoxy) is 1. The number of thioether (sulfide) groups is 1. The van der Waals surface area contributed by atoms with Gasteiger partial charge in [-0.1, -0.05) is 12.1 Å². The fraction of sp³-hybridized carbons (Fsp3) is 0.214. The summed E-state index contributed by atoms with van der Waals surface area (Å²) >= 11 is 1.31. The Labute approximate surface area is 120 Å². The molecule has 2 aromatic rings. The van der Waals surface area contributed by atoms with Crippen molar-refractivity contribution < 1.29 is 9.53 Å². The van der Waals surface area contributed by atoms with Gasteiger partial charge < -0.3 is 4.74 Å². The van der Waals surface area contributed by atoms with Crippen LogP contribution >= 0.6 is 11.8 Å². The first-order chi connectivity index (χ1) is 9.72. The van der Waals surface area contributed by atoms with Crippen molar-refractivity contribution in [1.29, 1.82) is 5.26 Å². The number of aromatic nitrogens is 2. The molecule has 0 bridgehead atoms. The second kappa shape index (κ2) is 6.26. The highest BCUT2D eigenvalue weighted by Gasteiger charge is 2.19. The summed E-state index contributed by atoms with van der Waals surface area (Å²) in [5.41, 5.74) is 1.64. The van der Waals surface area contributed by atoms with Crippen LogP contribution in [-0.4, -0.2) is 28.4 Å². The second-order valence-corrected chi connectivity index (χ2v) is 4.61. The van der Waals surface area contributed by atoms with Crippen LogP contribution in [0.4, 0.5) is 0 Å². The van der Waals surface area contributed by atoms with E-state index in [1.165, 1.54) is 11.8 Å². The van der Waals surface area contributed by atoms with Crippen LogP contribution in [0.5, 0.6) is 0 Å². The van der Waals surface area contributed by atoms with Gasteiger partial charge in [-0.15, -0.1) is 11.8 Å². The first kappa shape index (κ1) is 14.2. The SMILES string of the molecule is CCOC(=O)C(C#N)=C(SC)n1cnc2ccccc21. The number of carbonyl (C=O) groups is 1. The van der Waals surface area contributed by atoms with Crippen LogP contribution in [-0.2, 0) is 9.53 Å². The molecule has 0 aliphatic rings. The lowest BCUT2D eigenvalue weighted by Gasteiger charge is -2.09. The number of esters is 1. The van der Waals surface area contributed by atoms with E-state index >= 15 is 0 Å². The summed E-state index contributed by atoms with van der Waals surface area (Å²) in [4.78, 5) is 16.1. The van der Waals surface area contributed by atoms with Gasteiger partial charge in [-0.2, -0.15) is 5.26 Å². The maximum Gasteiger partial charge on any atom is 0.351 e. The number of hydrogen-bond donors (Lipinski definition) is 0. The van der Waals surface area contributed by atoms with Gasteiger partial charge in [0.1, 0.15) is 17.4 Å². The minimum absolute atomic E-state index is 0.0116. The Morgan fingerprint density at radius 3 is 2.90 bits per heavy atom. The average molecular weight is 287 g/mol. The number of carbonyl (C=O) groups excluding carboxylic acids is 1. The molecule has 5 nitrogen and oxygen atoms in total. The molecule has 0 atom stereocenters. The third-order valence-electron chi connectivity index (χ3n) is 2.67. The molecule has 0 saturated carbocycles. The molecule has 6 heteroatoms. The molecule has 0 saturated heterocycles. The molecule has 1 aromatic heterocycles. The zero-order chi connectivity index (χ0) is 14.5. The molecule has 0 aliphatic heterocycles. The Morgan fingerprint density at radius 1 is 1.50 bits per heavy atom. The van der Waals surface area contributed by atoms with Gasteiger partial charge in [0.25, 0.3) is 0 Å². The van der Waals surface area contributed by atoms with Gasteiger partial charge in [0.2, 0.25) is 0 Å². The van der Waals surface area contributed by atoms with Crippen LogP contribution in [0, 0.1) is 11.3 Å². The van der Waals surface area contributed by atoms with E-state index in [1.54, 1.807) is 24.1 Å². The number of benzene rings is 1. The van der Waals surface area contributed by atoms with Crippen molar-refractivity contribution >= 4 is 33.8 Å². The van der Waals surface area contributed by atoms with Crippen LogP contribution in [0.1, 0.15) is 6.92 Å². The lowest BCUT2D eigenvalue weighted by molar-refractivity contribution is -0.137. The highest BCUT2D eigenvalue weighted by molar-refractivity contribution is 8.07. The first-order valence-corrected chi connectivity index (χ1v) is 7.23. The topological polar surface area (TPSA) is 67.9 Å². The van der Waals surface area contributed by atoms with Gasteiger partial charge in [0, 0.05) is 0 Å². The van der Waals surface area contributed by atoms with Crippen LogP contribution < -0.4 is 0 Å². The number of para-hydroxylation sites is 2. The molecule has 1 aromatic carbocycles. The number of fused-ring (bicyclic) bond motifs is 1. The number of imidazole rings is 1. The van der Waals surface area contributed by atoms with Crippen LogP contribution in [0.2, 0.25) is 0 Å². The summed E-state index contributed by atoms with van der Waals surface area (Å²) in [6.07, 6.45) is 3.41. The predicted molar refractivity (Wildman–Crippen MR) is 78.7 cm³/mol. The van der Waals surface area contributed by atoms with Crippen LogP contribution in [0.15, 0.2) is 36.2 Å².